The van der Waals surface area contributed by atoms with Crippen LogP contribution in [0.15, 0.2) is 18.2 Å². The summed E-state index contributed by atoms with van der Waals surface area (Å²) in [5, 5.41) is 9.96. The van der Waals surface area contributed by atoms with Crippen LogP contribution < -0.4 is 10.5 Å². The number of nitrogens with zero attached hydrogens (tertiary/aromatic N) is 1. The van der Waals surface area contributed by atoms with Crippen LogP contribution in [0.25, 0.3) is 0 Å². The highest BCUT2D eigenvalue weighted by molar-refractivity contribution is 7.80. The highest BCUT2D eigenvalue weighted by Crippen LogP contribution is 2.29. The topological polar surface area (TPSA) is 75.8 Å². The molecule has 114 valence electrons. The molecule has 1 amide bonds. The Kier molecular flexibility index (Phi) is 5.01. The van der Waals surface area contributed by atoms with Crippen LogP contribution in [0.2, 0.25) is 0 Å². The molecule has 5 nitrogen and oxygen atoms in total. The zero-order valence-electron chi connectivity index (χ0n) is 12.0. The van der Waals surface area contributed by atoms with Crippen LogP contribution in [0, 0.1) is 0 Å². The van der Waals surface area contributed by atoms with E-state index in [0.29, 0.717) is 5.75 Å². The maximum atomic E-state index is 12.8. The molecule has 0 bridgehead atoms. The Morgan fingerprint density at radius 1 is 1.48 bits per heavy atom. The summed E-state index contributed by atoms with van der Waals surface area (Å²) < 4.78 is 5.11. The molecule has 0 unspecified atom stereocenters. The molecule has 0 aliphatic heterocycles. The van der Waals surface area contributed by atoms with Gasteiger partial charge in [-0.1, -0.05) is 25.1 Å². The fourth-order valence-corrected chi connectivity index (χ4v) is 2.86. The third kappa shape index (κ3) is 3.64. The first kappa shape index (κ1) is 15.6. The van der Waals surface area contributed by atoms with Crippen LogP contribution in [-0.2, 0) is 0 Å². The van der Waals surface area contributed by atoms with Crippen LogP contribution in [0.4, 0.5) is 0 Å². The van der Waals surface area contributed by atoms with Crippen molar-refractivity contribution in [2.24, 2.45) is 5.73 Å². The molecule has 0 atom stereocenters. The number of carbonyl (C=O) groups is 1. The second-order valence-corrected chi connectivity index (χ2v) is 5.75. The van der Waals surface area contributed by atoms with Crippen molar-refractivity contribution in [2.75, 3.05) is 13.7 Å². The van der Waals surface area contributed by atoms with E-state index in [2.05, 4.69) is 0 Å². The van der Waals surface area contributed by atoms with Crippen LogP contribution in [0.3, 0.4) is 0 Å². The summed E-state index contributed by atoms with van der Waals surface area (Å²) >= 11 is 4.95. The number of phenolic OH excluding ortho intramolecular Hbond substituents is 1. The van der Waals surface area contributed by atoms with Crippen LogP contribution in [-0.4, -0.2) is 40.6 Å². The second-order valence-electron chi connectivity index (χ2n) is 5.22. The predicted molar refractivity (Wildman–Crippen MR) is 84.7 cm³/mol. The third-order valence-electron chi connectivity index (χ3n) is 3.79. The zero-order valence-corrected chi connectivity index (χ0v) is 12.9. The Labute approximate surface area is 129 Å². The van der Waals surface area contributed by atoms with E-state index in [4.69, 9.17) is 22.7 Å². The van der Waals surface area contributed by atoms with Crippen molar-refractivity contribution >= 4 is 23.1 Å². The second kappa shape index (κ2) is 6.76. The molecule has 3 N–H and O–H groups in total. The minimum absolute atomic E-state index is 0.0632. The van der Waals surface area contributed by atoms with Gasteiger partial charge in [0, 0.05) is 6.04 Å². The lowest BCUT2D eigenvalue weighted by molar-refractivity contribution is 0.0711. The van der Waals surface area contributed by atoms with Crippen molar-refractivity contribution in [3.63, 3.8) is 0 Å². The Hall–Kier alpha value is -1.82. The Bertz CT molecular complexity index is 542. The van der Waals surface area contributed by atoms with Gasteiger partial charge in [0.2, 0.25) is 0 Å². The molecule has 0 spiro atoms. The van der Waals surface area contributed by atoms with Gasteiger partial charge in [-0.3, -0.25) is 4.79 Å². The van der Waals surface area contributed by atoms with Crippen LogP contribution >= 0.6 is 12.2 Å². The highest BCUT2D eigenvalue weighted by Gasteiger charge is 2.29. The minimum atomic E-state index is -0.258. The first-order chi connectivity index (χ1) is 10.0. The lowest BCUT2D eigenvalue weighted by Crippen LogP contribution is -2.43. The Morgan fingerprint density at radius 2 is 2.14 bits per heavy atom. The quantitative estimate of drug-likeness (QED) is 0.815. The van der Waals surface area contributed by atoms with Gasteiger partial charge in [-0.2, -0.15) is 0 Å². The average molecular weight is 308 g/mol. The predicted octanol–water partition coefficient (Wildman–Crippen LogP) is 2.07. The number of hydrogen-bond acceptors (Lipinski definition) is 4. The molecular formula is C15H20N2O3S. The largest absolute Gasteiger partial charge is 0.507 e. The van der Waals surface area contributed by atoms with Gasteiger partial charge in [0.15, 0.2) is 0 Å². The molecule has 1 aliphatic rings. The van der Waals surface area contributed by atoms with Crippen molar-refractivity contribution < 1.29 is 14.6 Å². The summed E-state index contributed by atoms with van der Waals surface area (Å²) in [4.78, 5) is 14.7. The van der Waals surface area contributed by atoms with E-state index < -0.39 is 0 Å². The number of methoxy groups -OCH3 is 1. The van der Waals surface area contributed by atoms with Crippen molar-refractivity contribution in [3.05, 3.63) is 23.8 Å². The molecule has 1 fully saturated rings. The van der Waals surface area contributed by atoms with Crippen molar-refractivity contribution in [3.8, 4) is 11.5 Å². The summed E-state index contributed by atoms with van der Waals surface area (Å²) in [5.74, 6) is 0.204. The van der Waals surface area contributed by atoms with Gasteiger partial charge in [0.1, 0.15) is 11.5 Å². The Morgan fingerprint density at radius 3 is 2.71 bits per heavy atom. The highest BCUT2D eigenvalue weighted by atomic mass is 32.1. The number of aromatic hydroxyl groups is 1. The molecule has 1 aromatic rings. The number of rotatable bonds is 5. The van der Waals surface area contributed by atoms with Crippen molar-refractivity contribution in [1.82, 2.24) is 4.90 Å². The normalized spacial score (nSPS) is 14.9. The van der Waals surface area contributed by atoms with E-state index in [9.17, 15) is 9.90 Å². The standard InChI is InChI=1S/C15H20N2O3S/c1-20-11-6-7-13(18)12(8-11)15(19)17(9-14(16)21)10-4-2-3-5-10/h6-8,10,18H,2-5,9H2,1H3,(H2,16,21). The molecule has 1 aromatic carbocycles. The molecule has 0 aromatic heterocycles. The number of phenols is 1. The zero-order chi connectivity index (χ0) is 15.4. The SMILES string of the molecule is COc1ccc(O)c(C(=O)N(CC(N)=S)C2CCCC2)c1. The summed E-state index contributed by atoms with van der Waals surface area (Å²) in [6.45, 7) is 0.232. The van der Waals surface area contributed by atoms with E-state index in [1.54, 1.807) is 17.0 Å². The fraction of sp³-hybridized carbons (Fsp3) is 0.467. The number of carbonyl (C=O) groups excluding carboxylic acids is 1. The number of hydrogen-bond donors (Lipinski definition) is 2. The smallest absolute Gasteiger partial charge is 0.258 e. The third-order valence-corrected chi connectivity index (χ3v) is 3.92. The van der Waals surface area contributed by atoms with Crippen LogP contribution in [0.1, 0.15) is 36.0 Å². The first-order valence-corrected chi connectivity index (χ1v) is 7.40. The van der Waals surface area contributed by atoms with E-state index in [0.717, 1.165) is 25.7 Å². The van der Waals surface area contributed by atoms with Gasteiger partial charge in [-0.15, -0.1) is 0 Å². The van der Waals surface area contributed by atoms with Gasteiger partial charge in [0.25, 0.3) is 5.91 Å². The molecular weight excluding hydrogens is 288 g/mol. The monoisotopic (exact) mass is 308 g/mol. The maximum absolute atomic E-state index is 12.8. The van der Waals surface area contributed by atoms with Gasteiger partial charge < -0.3 is 20.5 Å². The molecule has 6 heteroatoms. The van der Waals surface area contributed by atoms with E-state index in [1.807, 2.05) is 0 Å². The summed E-state index contributed by atoms with van der Waals surface area (Å²) in [6, 6.07) is 4.74. The van der Waals surface area contributed by atoms with Crippen molar-refractivity contribution in [2.45, 2.75) is 31.7 Å². The Balaban J connectivity index is 2.30. The summed E-state index contributed by atoms with van der Waals surface area (Å²) in [6.07, 6.45) is 4.07. The van der Waals surface area contributed by atoms with E-state index in [-0.39, 0.29) is 34.8 Å². The van der Waals surface area contributed by atoms with Crippen molar-refractivity contribution in [1.29, 1.82) is 0 Å². The molecule has 21 heavy (non-hydrogen) atoms. The minimum Gasteiger partial charge on any atom is -0.507 e. The van der Waals surface area contributed by atoms with Gasteiger partial charge in [0.05, 0.1) is 24.2 Å². The maximum Gasteiger partial charge on any atom is 0.258 e. The van der Waals surface area contributed by atoms with E-state index >= 15 is 0 Å². The summed E-state index contributed by atoms with van der Waals surface area (Å²) in [7, 11) is 1.52. The lowest BCUT2D eigenvalue weighted by Gasteiger charge is -2.29. The molecule has 0 saturated heterocycles. The van der Waals surface area contributed by atoms with Gasteiger partial charge in [-0.25, -0.2) is 0 Å². The molecule has 0 radical (unpaired) electrons. The number of thiocarbonyl (C=S) groups is 1. The fourth-order valence-electron chi connectivity index (χ4n) is 2.72. The first-order valence-electron chi connectivity index (χ1n) is 6.99. The lowest BCUT2D eigenvalue weighted by atomic mass is 10.1. The summed E-state index contributed by atoms with van der Waals surface area (Å²) in [5.41, 5.74) is 5.84. The average Bonchev–Trinajstić information content (AvgIpc) is 2.98. The number of amides is 1. The van der Waals surface area contributed by atoms with Gasteiger partial charge >= 0.3 is 0 Å². The molecule has 1 aliphatic carbocycles. The molecule has 1 saturated carbocycles. The number of ether oxygens (including phenoxy) is 1. The molecule has 0 heterocycles. The van der Waals surface area contributed by atoms with E-state index in [1.165, 1.54) is 13.2 Å². The molecule has 2 rings (SSSR count). The number of nitrogens with two attached hydrogens (primary N) is 1. The van der Waals surface area contributed by atoms with Gasteiger partial charge in [-0.05, 0) is 31.0 Å². The van der Waals surface area contributed by atoms with Crippen LogP contribution in [0.5, 0.6) is 11.5 Å². The number of benzene rings is 1.